The lowest BCUT2D eigenvalue weighted by Crippen LogP contribution is -2.44. The first-order valence-electron chi connectivity index (χ1n) is 11.0. The molecule has 1 aromatic heterocycles. The van der Waals surface area contributed by atoms with Crippen LogP contribution < -0.4 is 14.8 Å². The summed E-state index contributed by atoms with van der Waals surface area (Å²) < 4.78 is 44.0. The predicted molar refractivity (Wildman–Crippen MR) is 126 cm³/mol. The molecule has 1 aromatic carbocycles. The number of ether oxygens (including phenoxy) is 3. The molecule has 2 N–H and O–H groups in total. The number of hydrogen-bond donors (Lipinski definition) is 2. The topological polar surface area (TPSA) is 127 Å². The van der Waals surface area contributed by atoms with Gasteiger partial charge in [-0.1, -0.05) is 0 Å². The van der Waals surface area contributed by atoms with Crippen LogP contribution in [0.25, 0.3) is 0 Å². The fraction of sp³-hybridized carbons (Fsp3) is 0.478. The quantitative estimate of drug-likeness (QED) is 0.541. The Morgan fingerprint density at radius 1 is 1.18 bits per heavy atom. The molecule has 0 spiro atoms. The summed E-state index contributed by atoms with van der Waals surface area (Å²) in [6, 6.07) is 5.02. The molecular weight excluding hydrogens is 462 g/mol. The molecule has 1 aliphatic heterocycles. The van der Waals surface area contributed by atoms with Crippen molar-refractivity contribution in [2.45, 2.75) is 38.5 Å². The highest BCUT2D eigenvalue weighted by Gasteiger charge is 2.38. The number of aryl methyl sites for hydroxylation is 2. The second kappa shape index (κ2) is 10.5. The number of anilines is 1. The summed E-state index contributed by atoms with van der Waals surface area (Å²) in [5.41, 5.74) is 1.26. The molecule has 186 valence electrons. The molecule has 0 radical (unpaired) electrons. The Morgan fingerprint density at radius 3 is 2.56 bits per heavy atom. The van der Waals surface area contributed by atoms with Crippen LogP contribution in [0.1, 0.15) is 41.5 Å². The summed E-state index contributed by atoms with van der Waals surface area (Å²) in [6.45, 7) is 5.28. The molecule has 34 heavy (non-hydrogen) atoms. The molecule has 3 rings (SSSR count). The molecule has 11 heteroatoms. The van der Waals surface area contributed by atoms with Crippen LogP contribution in [0.5, 0.6) is 11.5 Å². The smallest absolute Gasteiger partial charge is 0.341 e. The molecule has 10 nitrogen and oxygen atoms in total. The summed E-state index contributed by atoms with van der Waals surface area (Å²) >= 11 is 0. The van der Waals surface area contributed by atoms with Crippen LogP contribution in [0.4, 0.5) is 5.69 Å². The molecule has 0 aliphatic carbocycles. The normalized spacial score (nSPS) is 16.7. The number of rotatable bonds is 8. The van der Waals surface area contributed by atoms with Gasteiger partial charge in [0.1, 0.15) is 22.0 Å². The van der Waals surface area contributed by atoms with Gasteiger partial charge in [-0.25, -0.2) is 13.2 Å². The largest absolute Gasteiger partial charge is 0.497 e. The monoisotopic (exact) mass is 493 g/mol. The van der Waals surface area contributed by atoms with Gasteiger partial charge in [-0.05, 0) is 45.7 Å². The van der Waals surface area contributed by atoms with Gasteiger partial charge in [0.25, 0.3) is 0 Å². The van der Waals surface area contributed by atoms with Gasteiger partial charge in [-0.15, -0.1) is 0 Å². The number of carbonyl (C=O) groups excluding carboxylic acids is 2. The Morgan fingerprint density at radius 2 is 1.91 bits per heavy atom. The van der Waals surface area contributed by atoms with E-state index >= 15 is 0 Å². The van der Waals surface area contributed by atoms with E-state index in [0.717, 1.165) is 0 Å². The summed E-state index contributed by atoms with van der Waals surface area (Å²) in [6.07, 6.45) is 1.04. The number of nitrogens with one attached hydrogen (secondary N) is 2. The van der Waals surface area contributed by atoms with Gasteiger partial charge >= 0.3 is 5.97 Å². The predicted octanol–water partition coefficient (Wildman–Crippen LogP) is 2.86. The van der Waals surface area contributed by atoms with Crippen molar-refractivity contribution in [3.63, 3.8) is 0 Å². The minimum absolute atomic E-state index is 0.00142. The number of esters is 1. The van der Waals surface area contributed by atoms with E-state index in [9.17, 15) is 18.0 Å². The van der Waals surface area contributed by atoms with Crippen LogP contribution in [0.2, 0.25) is 0 Å². The minimum Gasteiger partial charge on any atom is -0.497 e. The lowest BCUT2D eigenvalue weighted by molar-refractivity contribution is -0.120. The van der Waals surface area contributed by atoms with E-state index in [2.05, 4.69) is 10.3 Å². The second-order valence-electron chi connectivity index (χ2n) is 8.06. The van der Waals surface area contributed by atoms with Gasteiger partial charge in [0.2, 0.25) is 15.9 Å². The van der Waals surface area contributed by atoms with Crippen LogP contribution in [0.3, 0.4) is 0 Å². The number of amides is 1. The number of hydrogen-bond acceptors (Lipinski definition) is 7. The van der Waals surface area contributed by atoms with Crippen molar-refractivity contribution in [1.29, 1.82) is 0 Å². The third-order valence-corrected chi connectivity index (χ3v) is 7.85. The maximum atomic E-state index is 13.6. The van der Waals surface area contributed by atoms with Crippen molar-refractivity contribution in [3.8, 4) is 11.5 Å². The average molecular weight is 494 g/mol. The summed E-state index contributed by atoms with van der Waals surface area (Å²) in [5.74, 6) is -0.552. The number of carbonyl (C=O) groups is 2. The zero-order valence-corrected chi connectivity index (χ0v) is 20.9. The minimum atomic E-state index is -4.05. The van der Waals surface area contributed by atoms with Crippen molar-refractivity contribution >= 4 is 27.6 Å². The van der Waals surface area contributed by atoms with Crippen LogP contribution >= 0.6 is 0 Å². The van der Waals surface area contributed by atoms with Crippen molar-refractivity contribution in [3.05, 3.63) is 35.2 Å². The van der Waals surface area contributed by atoms with Crippen LogP contribution in [0, 0.1) is 19.8 Å². The van der Waals surface area contributed by atoms with E-state index < -0.39 is 21.9 Å². The third kappa shape index (κ3) is 5.05. The second-order valence-corrected chi connectivity index (χ2v) is 9.93. The van der Waals surface area contributed by atoms with E-state index in [1.807, 2.05) is 0 Å². The van der Waals surface area contributed by atoms with Crippen LogP contribution in [0.15, 0.2) is 23.1 Å². The number of nitrogens with zero attached hydrogens (tertiary/aromatic N) is 1. The van der Waals surface area contributed by atoms with Crippen molar-refractivity contribution in [2.24, 2.45) is 5.92 Å². The molecule has 0 saturated carbocycles. The molecule has 1 unspecified atom stereocenters. The van der Waals surface area contributed by atoms with Crippen LogP contribution in [-0.2, 0) is 19.6 Å². The van der Waals surface area contributed by atoms with Gasteiger partial charge in [-0.3, -0.25) is 4.79 Å². The molecule has 1 fully saturated rings. The van der Waals surface area contributed by atoms with Gasteiger partial charge in [0, 0.05) is 30.5 Å². The van der Waals surface area contributed by atoms with Crippen molar-refractivity contribution in [1.82, 2.24) is 9.29 Å². The first kappa shape index (κ1) is 25.6. The zero-order chi connectivity index (χ0) is 25.0. The maximum absolute atomic E-state index is 13.6. The number of aromatic nitrogens is 1. The van der Waals surface area contributed by atoms with E-state index in [1.165, 1.54) is 18.5 Å². The number of H-pyrrole nitrogens is 1. The maximum Gasteiger partial charge on any atom is 0.341 e. The standard InChI is InChI=1S/C23H31N3O7S/c1-6-33-23(28)20-14(2)24-15(3)21(20)34(29,30)26-11-7-8-16(13-26)22(27)25-18-10-9-17(31-4)12-19(18)32-5/h9-10,12,16,24H,6-8,11,13H2,1-5H3,(H,25,27). The lowest BCUT2D eigenvalue weighted by atomic mass is 9.98. The summed E-state index contributed by atoms with van der Waals surface area (Å²) in [4.78, 5) is 28.4. The Bertz CT molecular complexity index is 1170. The van der Waals surface area contributed by atoms with E-state index in [4.69, 9.17) is 14.2 Å². The Hall–Kier alpha value is -3.05. The first-order valence-corrected chi connectivity index (χ1v) is 12.5. The van der Waals surface area contributed by atoms with E-state index in [0.29, 0.717) is 41.4 Å². The molecule has 2 heterocycles. The van der Waals surface area contributed by atoms with Crippen LogP contribution in [-0.4, -0.2) is 63.5 Å². The summed E-state index contributed by atoms with van der Waals surface area (Å²) in [7, 11) is -1.03. The Balaban J connectivity index is 1.84. The highest BCUT2D eigenvalue weighted by molar-refractivity contribution is 7.89. The highest BCUT2D eigenvalue weighted by Crippen LogP contribution is 2.32. The van der Waals surface area contributed by atoms with Crippen molar-refractivity contribution in [2.75, 3.05) is 39.2 Å². The van der Waals surface area contributed by atoms with Crippen molar-refractivity contribution < 1.29 is 32.2 Å². The lowest BCUT2D eigenvalue weighted by Gasteiger charge is -2.31. The fourth-order valence-corrected chi connectivity index (χ4v) is 6.11. The fourth-order valence-electron chi connectivity index (χ4n) is 4.17. The summed E-state index contributed by atoms with van der Waals surface area (Å²) in [5, 5.41) is 2.83. The number of piperidine rings is 1. The first-order chi connectivity index (χ1) is 16.1. The molecule has 1 aliphatic rings. The zero-order valence-electron chi connectivity index (χ0n) is 20.1. The molecule has 0 bridgehead atoms. The molecule has 2 aromatic rings. The van der Waals surface area contributed by atoms with E-state index in [1.54, 1.807) is 39.0 Å². The number of aromatic amines is 1. The third-order valence-electron chi connectivity index (χ3n) is 5.82. The van der Waals surface area contributed by atoms with E-state index in [-0.39, 0.29) is 36.1 Å². The Labute approximate surface area is 199 Å². The Kier molecular flexibility index (Phi) is 7.88. The molecule has 1 atom stereocenters. The van der Waals surface area contributed by atoms with Gasteiger partial charge in [-0.2, -0.15) is 4.31 Å². The van der Waals surface area contributed by atoms with Gasteiger partial charge in [0.05, 0.1) is 32.4 Å². The molecule has 1 amide bonds. The average Bonchev–Trinajstić information content (AvgIpc) is 3.13. The van der Waals surface area contributed by atoms with Gasteiger partial charge in [0.15, 0.2) is 0 Å². The molecular formula is C23H31N3O7S. The number of sulfonamides is 1. The SMILES string of the molecule is CCOC(=O)c1c(C)[nH]c(C)c1S(=O)(=O)N1CCCC(C(=O)Nc2ccc(OC)cc2OC)C1. The highest BCUT2D eigenvalue weighted by atomic mass is 32.2. The number of benzene rings is 1. The number of methoxy groups -OCH3 is 2. The molecule has 1 saturated heterocycles. The van der Waals surface area contributed by atoms with Gasteiger partial charge < -0.3 is 24.5 Å².